The Morgan fingerprint density at radius 3 is 2.35 bits per heavy atom. The first kappa shape index (κ1) is 22.3. The average molecular weight is 431 g/mol. The molecule has 1 N–H and O–H groups in total. The summed E-state index contributed by atoms with van der Waals surface area (Å²) in [5, 5.41) is 7.52. The number of carbonyl (C=O) groups is 2. The zero-order chi connectivity index (χ0) is 21.8. The van der Waals surface area contributed by atoms with Crippen molar-refractivity contribution in [1.82, 2.24) is 10.5 Å². The fourth-order valence-electron chi connectivity index (χ4n) is 5.63. The van der Waals surface area contributed by atoms with E-state index in [0.29, 0.717) is 11.7 Å². The molecule has 1 aromatic rings. The van der Waals surface area contributed by atoms with Crippen molar-refractivity contribution in [3.8, 4) is 0 Å². The second kappa shape index (κ2) is 9.74. The minimum atomic E-state index is -0.102. The van der Waals surface area contributed by atoms with Crippen molar-refractivity contribution >= 4 is 11.9 Å². The highest BCUT2D eigenvalue weighted by Gasteiger charge is 2.49. The van der Waals surface area contributed by atoms with E-state index in [-0.39, 0.29) is 41.8 Å². The van der Waals surface area contributed by atoms with Crippen LogP contribution in [0.2, 0.25) is 0 Å². The van der Waals surface area contributed by atoms with E-state index in [1.807, 2.05) is 6.07 Å². The molecule has 0 unspecified atom stereocenters. The summed E-state index contributed by atoms with van der Waals surface area (Å²) >= 11 is 0. The number of carbonyl (C=O) groups excluding carboxylic acids is 2. The Morgan fingerprint density at radius 1 is 1.06 bits per heavy atom. The second-order valence-electron chi connectivity index (χ2n) is 10.6. The lowest BCUT2D eigenvalue weighted by Crippen LogP contribution is -2.59. The monoisotopic (exact) mass is 430 g/mol. The molecule has 0 saturated heterocycles. The standard InChI is InChI=1S/C25H38N2O4/c1-25(2)19(14-22(25)26-23(28)17-9-5-3-6-10-17)13-20-15-21(31-27-20)16-30-24(29)18-11-7-4-8-12-18/h15,17-19,22H,3-14,16H2,1-2H3,(H,26,28)/t19-,22+/m1/s1. The Bertz CT molecular complexity index is 759. The van der Waals surface area contributed by atoms with Crippen LogP contribution >= 0.6 is 0 Å². The number of ether oxygens (including phenoxy) is 1. The largest absolute Gasteiger partial charge is 0.457 e. The van der Waals surface area contributed by atoms with E-state index in [0.717, 1.165) is 57.1 Å². The molecule has 0 bridgehead atoms. The van der Waals surface area contributed by atoms with Crippen molar-refractivity contribution in [2.75, 3.05) is 0 Å². The maximum atomic E-state index is 12.6. The van der Waals surface area contributed by atoms with Crippen LogP contribution in [0.25, 0.3) is 0 Å². The number of amides is 1. The highest BCUT2D eigenvalue weighted by Crippen LogP contribution is 2.48. The van der Waals surface area contributed by atoms with Gasteiger partial charge in [-0.05, 0) is 49.9 Å². The second-order valence-corrected chi connectivity index (χ2v) is 10.6. The summed E-state index contributed by atoms with van der Waals surface area (Å²) in [6, 6.07) is 2.15. The SMILES string of the molecule is CC1(C)[C@H](Cc2cc(COC(=O)C3CCCCC3)on2)C[C@@H]1NC(=O)C1CCCCC1. The molecule has 0 radical (unpaired) electrons. The molecule has 3 fully saturated rings. The van der Waals surface area contributed by atoms with Crippen molar-refractivity contribution in [1.29, 1.82) is 0 Å². The predicted molar refractivity (Wildman–Crippen MR) is 117 cm³/mol. The maximum absolute atomic E-state index is 12.6. The Kier molecular flexibility index (Phi) is 7.02. The quantitative estimate of drug-likeness (QED) is 0.619. The molecule has 3 aliphatic carbocycles. The first-order valence-corrected chi connectivity index (χ1v) is 12.3. The third kappa shape index (κ3) is 5.32. The van der Waals surface area contributed by atoms with Crippen LogP contribution in [0.5, 0.6) is 0 Å². The molecule has 3 saturated carbocycles. The lowest BCUT2D eigenvalue weighted by Gasteiger charge is -2.52. The Balaban J connectivity index is 1.22. The van der Waals surface area contributed by atoms with Crippen LogP contribution in [-0.2, 0) is 27.4 Å². The molecule has 0 spiro atoms. The van der Waals surface area contributed by atoms with Crippen LogP contribution in [0.1, 0.15) is 95.9 Å². The summed E-state index contributed by atoms with van der Waals surface area (Å²) in [6.07, 6.45) is 12.8. The van der Waals surface area contributed by atoms with E-state index in [1.165, 1.54) is 25.7 Å². The Labute approximate surface area is 185 Å². The minimum absolute atomic E-state index is 0.0386. The van der Waals surface area contributed by atoms with Gasteiger partial charge in [0, 0.05) is 18.0 Å². The molecule has 6 heteroatoms. The van der Waals surface area contributed by atoms with Crippen LogP contribution in [-0.4, -0.2) is 23.1 Å². The van der Waals surface area contributed by atoms with E-state index in [2.05, 4.69) is 24.3 Å². The van der Waals surface area contributed by atoms with Gasteiger partial charge in [-0.25, -0.2) is 0 Å². The summed E-state index contributed by atoms with van der Waals surface area (Å²) < 4.78 is 10.9. The molecule has 6 nitrogen and oxygen atoms in total. The molecular weight excluding hydrogens is 392 g/mol. The molecule has 3 aliphatic rings. The zero-order valence-corrected chi connectivity index (χ0v) is 19.2. The number of nitrogens with zero attached hydrogens (tertiary/aromatic N) is 1. The zero-order valence-electron chi connectivity index (χ0n) is 19.2. The van der Waals surface area contributed by atoms with Crippen molar-refractivity contribution in [3.63, 3.8) is 0 Å². The molecule has 0 aromatic carbocycles. The van der Waals surface area contributed by atoms with Gasteiger partial charge in [-0.3, -0.25) is 9.59 Å². The molecule has 1 heterocycles. The van der Waals surface area contributed by atoms with Crippen molar-refractivity contribution < 1.29 is 18.8 Å². The van der Waals surface area contributed by atoms with E-state index in [4.69, 9.17) is 9.26 Å². The van der Waals surface area contributed by atoms with Gasteiger partial charge >= 0.3 is 5.97 Å². The van der Waals surface area contributed by atoms with Crippen LogP contribution in [0.3, 0.4) is 0 Å². The number of nitrogens with one attached hydrogen (secondary N) is 1. The fraction of sp³-hybridized carbons (Fsp3) is 0.800. The highest BCUT2D eigenvalue weighted by molar-refractivity contribution is 5.79. The summed E-state index contributed by atoms with van der Waals surface area (Å²) in [4.78, 5) is 24.8. The third-order valence-corrected chi connectivity index (χ3v) is 8.12. The molecule has 4 rings (SSSR count). The van der Waals surface area contributed by atoms with Crippen LogP contribution in [0, 0.1) is 23.2 Å². The Hall–Kier alpha value is -1.85. The third-order valence-electron chi connectivity index (χ3n) is 8.12. The molecule has 0 aliphatic heterocycles. The van der Waals surface area contributed by atoms with Gasteiger partial charge in [-0.15, -0.1) is 0 Å². The lowest BCUT2D eigenvalue weighted by atomic mass is 9.57. The molecular formula is C25H38N2O4. The van der Waals surface area contributed by atoms with E-state index < -0.39 is 0 Å². The minimum Gasteiger partial charge on any atom is -0.457 e. The normalized spacial score (nSPS) is 26.8. The summed E-state index contributed by atoms with van der Waals surface area (Å²) in [7, 11) is 0. The van der Waals surface area contributed by atoms with Crippen LogP contribution in [0.4, 0.5) is 0 Å². The molecule has 1 amide bonds. The van der Waals surface area contributed by atoms with Gasteiger partial charge in [-0.2, -0.15) is 0 Å². The number of hydrogen-bond donors (Lipinski definition) is 1. The maximum Gasteiger partial charge on any atom is 0.309 e. The molecule has 1 aromatic heterocycles. The number of rotatable bonds is 7. The van der Waals surface area contributed by atoms with Gasteiger partial charge in [0.25, 0.3) is 0 Å². The van der Waals surface area contributed by atoms with Gasteiger partial charge < -0.3 is 14.6 Å². The summed E-state index contributed by atoms with van der Waals surface area (Å²) in [6.45, 7) is 4.64. The number of aromatic nitrogens is 1. The topological polar surface area (TPSA) is 81.4 Å². The molecule has 31 heavy (non-hydrogen) atoms. The van der Waals surface area contributed by atoms with Gasteiger partial charge in [0.2, 0.25) is 5.91 Å². The van der Waals surface area contributed by atoms with Crippen molar-refractivity contribution in [3.05, 3.63) is 17.5 Å². The van der Waals surface area contributed by atoms with Crippen LogP contribution in [0.15, 0.2) is 10.6 Å². The fourth-order valence-corrected chi connectivity index (χ4v) is 5.63. The number of esters is 1. The van der Waals surface area contributed by atoms with Gasteiger partial charge in [0.1, 0.15) is 0 Å². The highest BCUT2D eigenvalue weighted by atomic mass is 16.5. The van der Waals surface area contributed by atoms with E-state index in [1.54, 1.807) is 0 Å². The lowest BCUT2D eigenvalue weighted by molar-refractivity contribution is -0.151. The van der Waals surface area contributed by atoms with E-state index >= 15 is 0 Å². The molecule has 172 valence electrons. The van der Waals surface area contributed by atoms with Gasteiger partial charge in [0.15, 0.2) is 12.4 Å². The smallest absolute Gasteiger partial charge is 0.309 e. The van der Waals surface area contributed by atoms with Gasteiger partial charge in [0.05, 0.1) is 11.6 Å². The van der Waals surface area contributed by atoms with Gasteiger partial charge in [-0.1, -0.05) is 57.5 Å². The van der Waals surface area contributed by atoms with Crippen molar-refractivity contribution in [2.24, 2.45) is 23.2 Å². The van der Waals surface area contributed by atoms with E-state index in [9.17, 15) is 9.59 Å². The number of hydrogen-bond acceptors (Lipinski definition) is 5. The van der Waals surface area contributed by atoms with Crippen molar-refractivity contribution in [2.45, 2.75) is 104 Å². The summed E-state index contributed by atoms with van der Waals surface area (Å²) in [5.74, 6) is 1.46. The average Bonchev–Trinajstić information content (AvgIpc) is 3.25. The van der Waals surface area contributed by atoms with Crippen LogP contribution < -0.4 is 5.32 Å². The first-order valence-electron chi connectivity index (χ1n) is 12.3. The predicted octanol–water partition coefficient (Wildman–Crippen LogP) is 4.95. The summed E-state index contributed by atoms with van der Waals surface area (Å²) in [5.41, 5.74) is 0.940. The first-order chi connectivity index (χ1) is 14.9. The Morgan fingerprint density at radius 2 is 1.71 bits per heavy atom. The molecule has 2 atom stereocenters.